The second kappa shape index (κ2) is 8.18. The van der Waals surface area contributed by atoms with Gasteiger partial charge in [0, 0.05) is 43.9 Å². The minimum atomic E-state index is -0.00743. The highest BCUT2D eigenvalue weighted by atomic mass is 35.5. The molecule has 0 atom stereocenters. The summed E-state index contributed by atoms with van der Waals surface area (Å²) < 4.78 is 1.76. The second-order valence-electron chi connectivity index (χ2n) is 7.30. The van der Waals surface area contributed by atoms with Crippen LogP contribution in [0.5, 0.6) is 0 Å². The molecule has 0 N–H and O–H groups in total. The zero-order valence-corrected chi connectivity index (χ0v) is 17.8. The lowest BCUT2D eigenvalue weighted by atomic mass is 10.2. The molecule has 1 aliphatic rings. The van der Waals surface area contributed by atoms with Crippen LogP contribution in [0.15, 0.2) is 60.2 Å². The third kappa shape index (κ3) is 3.71. The minimum absolute atomic E-state index is 0.00743. The van der Waals surface area contributed by atoms with Crippen LogP contribution >= 0.6 is 22.9 Å². The maximum absolute atomic E-state index is 13.2. The summed E-state index contributed by atoms with van der Waals surface area (Å²) in [6.45, 7) is 3.91. The fourth-order valence-electron chi connectivity index (χ4n) is 3.78. The molecule has 1 saturated heterocycles. The van der Waals surface area contributed by atoms with Gasteiger partial charge < -0.3 is 4.90 Å². The van der Waals surface area contributed by atoms with Crippen LogP contribution in [0.3, 0.4) is 0 Å². The van der Waals surface area contributed by atoms with Gasteiger partial charge in [0.15, 0.2) is 5.65 Å². The standard InChI is InChI=1S/C22H20ClN5OS/c23-17-5-3-16(4-6-17)15-26-9-11-27(12-10-26)22(29)18-14-25-28-19(7-8-24-21(18)28)20-2-1-13-30-20/h1-8,13-14H,9-12,15H2. The third-order valence-electron chi connectivity index (χ3n) is 5.38. The monoisotopic (exact) mass is 437 g/mol. The lowest BCUT2D eigenvalue weighted by molar-refractivity contribution is 0.0630. The fourth-order valence-corrected chi connectivity index (χ4v) is 4.64. The van der Waals surface area contributed by atoms with E-state index in [1.165, 1.54) is 5.56 Å². The van der Waals surface area contributed by atoms with Crippen molar-refractivity contribution < 1.29 is 4.79 Å². The summed E-state index contributed by atoms with van der Waals surface area (Å²) in [5.74, 6) is -0.00743. The molecule has 8 heteroatoms. The summed E-state index contributed by atoms with van der Waals surface area (Å²) in [5.41, 5.74) is 3.34. The highest BCUT2D eigenvalue weighted by molar-refractivity contribution is 7.13. The van der Waals surface area contributed by atoms with Crippen LogP contribution in [0.4, 0.5) is 0 Å². The van der Waals surface area contributed by atoms with Crippen molar-refractivity contribution in [3.63, 3.8) is 0 Å². The quantitative estimate of drug-likeness (QED) is 0.483. The van der Waals surface area contributed by atoms with E-state index in [2.05, 4.69) is 27.1 Å². The van der Waals surface area contributed by atoms with Crippen molar-refractivity contribution in [3.8, 4) is 10.6 Å². The molecule has 0 radical (unpaired) electrons. The number of halogens is 1. The van der Waals surface area contributed by atoms with Gasteiger partial charge in [0.05, 0.1) is 16.8 Å². The maximum Gasteiger partial charge on any atom is 0.259 e. The van der Waals surface area contributed by atoms with Crippen molar-refractivity contribution in [2.45, 2.75) is 6.54 Å². The number of carbonyl (C=O) groups excluding carboxylic acids is 1. The van der Waals surface area contributed by atoms with Crippen LogP contribution in [0.2, 0.25) is 5.02 Å². The Bertz CT molecular complexity index is 1160. The maximum atomic E-state index is 13.2. The van der Waals surface area contributed by atoms with Gasteiger partial charge in [-0.3, -0.25) is 9.69 Å². The molecule has 0 saturated carbocycles. The van der Waals surface area contributed by atoms with Gasteiger partial charge in [-0.2, -0.15) is 5.10 Å². The average molecular weight is 438 g/mol. The van der Waals surface area contributed by atoms with Crippen molar-refractivity contribution in [3.05, 3.63) is 76.4 Å². The number of amides is 1. The number of benzene rings is 1. The molecule has 4 heterocycles. The molecule has 0 aliphatic carbocycles. The Kier molecular flexibility index (Phi) is 5.25. The van der Waals surface area contributed by atoms with Crippen LogP contribution in [0, 0.1) is 0 Å². The van der Waals surface area contributed by atoms with E-state index in [-0.39, 0.29) is 5.91 Å². The molecule has 0 spiro atoms. The first-order valence-electron chi connectivity index (χ1n) is 9.82. The Morgan fingerprint density at radius 1 is 1.07 bits per heavy atom. The van der Waals surface area contributed by atoms with Crippen molar-refractivity contribution in [2.24, 2.45) is 0 Å². The van der Waals surface area contributed by atoms with Gasteiger partial charge in [0.2, 0.25) is 0 Å². The summed E-state index contributed by atoms with van der Waals surface area (Å²) in [7, 11) is 0. The van der Waals surface area contributed by atoms with Gasteiger partial charge in [-0.15, -0.1) is 11.3 Å². The molecular weight excluding hydrogens is 418 g/mol. The number of carbonyl (C=O) groups is 1. The lowest BCUT2D eigenvalue weighted by Crippen LogP contribution is -2.48. The van der Waals surface area contributed by atoms with Crippen molar-refractivity contribution >= 4 is 34.5 Å². The van der Waals surface area contributed by atoms with Crippen LogP contribution in [-0.2, 0) is 6.54 Å². The van der Waals surface area contributed by atoms with E-state index in [1.54, 1.807) is 28.2 Å². The first-order chi connectivity index (χ1) is 14.7. The molecule has 6 nitrogen and oxygen atoms in total. The molecule has 30 heavy (non-hydrogen) atoms. The topological polar surface area (TPSA) is 53.7 Å². The first kappa shape index (κ1) is 19.2. The Morgan fingerprint density at radius 3 is 2.60 bits per heavy atom. The van der Waals surface area contributed by atoms with Crippen molar-refractivity contribution in [2.75, 3.05) is 26.2 Å². The van der Waals surface area contributed by atoms with Gasteiger partial charge in [-0.25, -0.2) is 9.50 Å². The normalized spacial score (nSPS) is 15.0. The van der Waals surface area contributed by atoms with Crippen LogP contribution < -0.4 is 0 Å². The third-order valence-corrected chi connectivity index (χ3v) is 6.53. The number of piperazine rings is 1. The largest absolute Gasteiger partial charge is 0.336 e. The number of thiophene rings is 1. The Labute approximate surface area is 183 Å². The van der Waals surface area contributed by atoms with Crippen molar-refractivity contribution in [1.29, 1.82) is 0 Å². The van der Waals surface area contributed by atoms with E-state index >= 15 is 0 Å². The van der Waals surface area contributed by atoms with Gasteiger partial charge in [-0.05, 0) is 35.2 Å². The van der Waals surface area contributed by atoms with Gasteiger partial charge in [0.25, 0.3) is 5.91 Å². The second-order valence-corrected chi connectivity index (χ2v) is 8.68. The molecular formula is C22H20ClN5OS. The number of aromatic nitrogens is 3. The molecule has 1 amide bonds. The molecule has 1 aliphatic heterocycles. The van der Waals surface area contributed by atoms with E-state index in [0.717, 1.165) is 35.2 Å². The number of rotatable bonds is 4. The smallest absolute Gasteiger partial charge is 0.259 e. The molecule has 5 rings (SSSR count). The van der Waals surface area contributed by atoms with E-state index < -0.39 is 0 Å². The number of hydrogen-bond donors (Lipinski definition) is 0. The van der Waals surface area contributed by atoms with E-state index in [4.69, 9.17) is 11.6 Å². The minimum Gasteiger partial charge on any atom is -0.336 e. The predicted molar refractivity (Wildman–Crippen MR) is 119 cm³/mol. The van der Waals surface area contributed by atoms with Gasteiger partial charge >= 0.3 is 0 Å². The number of fused-ring (bicyclic) bond motifs is 1. The van der Waals surface area contributed by atoms with Crippen LogP contribution in [-0.4, -0.2) is 56.5 Å². The van der Waals surface area contributed by atoms with E-state index in [1.807, 2.05) is 40.6 Å². The first-order valence-corrected chi connectivity index (χ1v) is 11.1. The van der Waals surface area contributed by atoms with Crippen molar-refractivity contribution in [1.82, 2.24) is 24.4 Å². The summed E-state index contributed by atoms with van der Waals surface area (Å²) >= 11 is 7.61. The van der Waals surface area contributed by atoms with E-state index in [9.17, 15) is 4.79 Å². The predicted octanol–water partition coefficient (Wildman–Crippen LogP) is 4.07. The van der Waals surface area contributed by atoms with Crippen LogP contribution in [0.1, 0.15) is 15.9 Å². The van der Waals surface area contributed by atoms with Gasteiger partial charge in [0.1, 0.15) is 5.56 Å². The molecule has 0 unspecified atom stereocenters. The highest BCUT2D eigenvalue weighted by Crippen LogP contribution is 2.25. The fraction of sp³-hybridized carbons (Fsp3) is 0.227. The summed E-state index contributed by atoms with van der Waals surface area (Å²) in [6.07, 6.45) is 3.38. The summed E-state index contributed by atoms with van der Waals surface area (Å²) in [4.78, 5) is 23.0. The Balaban J connectivity index is 1.29. The highest BCUT2D eigenvalue weighted by Gasteiger charge is 2.25. The zero-order valence-electron chi connectivity index (χ0n) is 16.2. The van der Waals surface area contributed by atoms with Crippen LogP contribution in [0.25, 0.3) is 16.2 Å². The van der Waals surface area contributed by atoms with Gasteiger partial charge in [-0.1, -0.05) is 29.8 Å². The molecule has 3 aromatic heterocycles. The molecule has 4 aromatic rings. The molecule has 1 aromatic carbocycles. The average Bonchev–Trinajstić information content (AvgIpc) is 3.45. The SMILES string of the molecule is O=C(c1cnn2c(-c3cccs3)ccnc12)N1CCN(Cc2ccc(Cl)cc2)CC1. The molecule has 0 bridgehead atoms. The number of nitrogens with zero attached hydrogens (tertiary/aromatic N) is 5. The summed E-state index contributed by atoms with van der Waals surface area (Å²) in [6, 6.07) is 13.9. The Morgan fingerprint density at radius 2 is 1.87 bits per heavy atom. The molecule has 152 valence electrons. The number of hydrogen-bond acceptors (Lipinski definition) is 5. The zero-order chi connectivity index (χ0) is 20.5. The Hall–Kier alpha value is -2.74. The van der Waals surface area contributed by atoms with E-state index in [0.29, 0.717) is 24.3 Å². The molecule has 1 fully saturated rings. The lowest BCUT2D eigenvalue weighted by Gasteiger charge is -2.34. The summed E-state index contributed by atoms with van der Waals surface area (Å²) in [5, 5.41) is 7.24.